The summed E-state index contributed by atoms with van der Waals surface area (Å²) in [4.78, 5) is 49.9. The molecule has 8 heteroatoms. The number of hydrogen-bond donors (Lipinski definition) is 0. The van der Waals surface area contributed by atoms with Crippen LogP contribution >= 0.6 is 0 Å². The lowest BCUT2D eigenvalue weighted by atomic mass is 9.78. The molecule has 0 unspecified atom stereocenters. The Hall–Kier alpha value is -2.90. The van der Waals surface area contributed by atoms with Crippen molar-refractivity contribution in [1.82, 2.24) is 0 Å². The third-order valence-electron chi connectivity index (χ3n) is 5.97. The van der Waals surface area contributed by atoms with Gasteiger partial charge in [-0.2, -0.15) is 0 Å². The smallest absolute Gasteiger partial charge is 0.334 e. The molecule has 0 amide bonds. The maximum absolute atomic E-state index is 12.9. The number of hydrogen-bond acceptors (Lipinski definition) is 8. The summed E-state index contributed by atoms with van der Waals surface area (Å²) < 4.78 is 22.8. The van der Waals surface area contributed by atoms with Crippen LogP contribution in [0.15, 0.2) is 35.6 Å². The average Bonchev–Trinajstić information content (AvgIpc) is 3.13. The Morgan fingerprint density at radius 2 is 1.93 bits per heavy atom. The van der Waals surface area contributed by atoms with Gasteiger partial charge in [0.25, 0.3) is 0 Å². The van der Waals surface area contributed by atoms with Gasteiger partial charge in [-0.3, -0.25) is 9.59 Å². The fourth-order valence-electron chi connectivity index (χ4n) is 4.08. The second-order valence-electron chi connectivity index (χ2n) is 8.12. The number of esters is 3. The number of ether oxygens (including phenoxy) is 4. The van der Waals surface area contributed by atoms with Crippen molar-refractivity contribution >= 4 is 23.7 Å². The lowest BCUT2D eigenvalue weighted by Crippen LogP contribution is -2.57. The van der Waals surface area contributed by atoms with Crippen molar-refractivity contribution in [2.45, 2.75) is 65.0 Å². The Morgan fingerprint density at radius 3 is 2.53 bits per heavy atom. The molecule has 0 aromatic carbocycles. The van der Waals surface area contributed by atoms with Crippen molar-refractivity contribution in [2.75, 3.05) is 0 Å². The normalized spacial score (nSPS) is 35.9. The van der Waals surface area contributed by atoms with Crippen molar-refractivity contribution in [1.29, 1.82) is 0 Å². The minimum absolute atomic E-state index is 0.100. The van der Waals surface area contributed by atoms with Gasteiger partial charge in [0.2, 0.25) is 11.4 Å². The topological polar surface area (TPSA) is 105 Å². The van der Waals surface area contributed by atoms with Gasteiger partial charge in [-0.05, 0) is 27.2 Å². The Morgan fingerprint density at radius 1 is 1.27 bits per heavy atom. The quantitative estimate of drug-likeness (QED) is 0.390. The molecule has 2 fully saturated rings. The van der Waals surface area contributed by atoms with Crippen LogP contribution in [-0.2, 0) is 38.1 Å². The molecular formula is C22H26O8. The van der Waals surface area contributed by atoms with Crippen molar-refractivity contribution in [3.8, 4) is 0 Å². The minimum Gasteiger partial charge on any atom is -0.479 e. The predicted molar refractivity (Wildman–Crippen MR) is 104 cm³/mol. The van der Waals surface area contributed by atoms with Gasteiger partial charge in [-0.1, -0.05) is 19.6 Å². The third-order valence-corrected chi connectivity index (χ3v) is 5.97. The van der Waals surface area contributed by atoms with E-state index in [-0.39, 0.29) is 11.5 Å². The molecule has 30 heavy (non-hydrogen) atoms. The standard InChI is InChI=1S/C22H26O8/c1-7-10(2)20(25)29-18-17-12(4)21(26)28-15(17)8-11(3)14-9-16(24)22(6,30-14)19(18)27-13(5)23/h7,9,11,15,17-19H,4,8H2,1-3,5-6H3/b10-7-/t11-,15-,17+,18+,19-,22+/m1/s1. The van der Waals surface area contributed by atoms with Crippen molar-refractivity contribution < 1.29 is 38.1 Å². The van der Waals surface area contributed by atoms with E-state index in [0.717, 1.165) is 0 Å². The molecule has 3 aliphatic heterocycles. The van der Waals surface area contributed by atoms with Gasteiger partial charge >= 0.3 is 17.9 Å². The van der Waals surface area contributed by atoms with Gasteiger partial charge in [0, 0.05) is 30.1 Å². The Labute approximate surface area is 174 Å². The van der Waals surface area contributed by atoms with Crippen LogP contribution < -0.4 is 0 Å². The fourth-order valence-corrected chi connectivity index (χ4v) is 4.08. The number of carbonyl (C=O) groups excluding carboxylic acids is 4. The molecule has 3 heterocycles. The number of fused-ring (bicyclic) bond motifs is 3. The number of rotatable bonds is 3. The van der Waals surface area contributed by atoms with Gasteiger partial charge in [0.15, 0.2) is 12.2 Å². The summed E-state index contributed by atoms with van der Waals surface area (Å²) in [5, 5.41) is 0. The first-order valence-corrected chi connectivity index (χ1v) is 9.85. The summed E-state index contributed by atoms with van der Waals surface area (Å²) in [7, 11) is 0. The van der Waals surface area contributed by atoms with E-state index in [2.05, 4.69) is 6.58 Å². The second kappa shape index (κ2) is 7.74. The zero-order valence-corrected chi connectivity index (χ0v) is 17.7. The zero-order valence-electron chi connectivity index (χ0n) is 17.7. The SMILES string of the molecule is C=C1C(=O)O[C@@H]2C[C@@H](C)C3=CC(=O)[C@](C)(O3)[C@H](OC(C)=O)[C@@H](OC(=O)/C(C)=C\C)[C@@H]12. The summed E-state index contributed by atoms with van der Waals surface area (Å²) in [5.74, 6) is -3.02. The first-order chi connectivity index (χ1) is 14.0. The molecule has 2 bridgehead atoms. The lowest BCUT2D eigenvalue weighted by molar-refractivity contribution is -0.193. The molecule has 6 atom stereocenters. The first kappa shape index (κ1) is 21.8. The Bertz CT molecular complexity index is 882. The van der Waals surface area contributed by atoms with Crippen LogP contribution in [0.2, 0.25) is 0 Å². The highest BCUT2D eigenvalue weighted by atomic mass is 16.6. The van der Waals surface area contributed by atoms with E-state index in [4.69, 9.17) is 18.9 Å². The number of carbonyl (C=O) groups is 4. The molecular weight excluding hydrogens is 392 g/mol. The molecule has 0 aliphatic carbocycles. The van der Waals surface area contributed by atoms with E-state index in [1.807, 2.05) is 6.92 Å². The lowest BCUT2D eigenvalue weighted by Gasteiger charge is -2.38. The van der Waals surface area contributed by atoms with Crippen LogP contribution in [0.25, 0.3) is 0 Å². The van der Waals surface area contributed by atoms with Gasteiger partial charge in [0.1, 0.15) is 11.9 Å². The molecule has 162 valence electrons. The van der Waals surface area contributed by atoms with E-state index in [1.165, 1.54) is 19.9 Å². The van der Waals surface area contributed by atoms with Crippen LogP contribution in [0.1, 0.15) is 41.0 Å². The van der Waals surface area contributed by atoms with Crippen molar-refractivity contribution in [3.63, 3.8) is 0 Å². The molecule has 0 radical (unpaired) electrons. The number of allylic oxidation sites excluding steroid dienone is 2. The number of ketones is 1. The molecule has 0 aromatic rings. The van der Waals surface area contributed by atoms with Crippen molar-refractivity contribution in [3.05, 3.63) is 35.6 Å². The molecule has 0 aromatic heterocycles. The minimum atomic E-state index is -1.62. The molecule has 8 nitrogen and oxygen atoms in total. The highest BCUT2D eigenvalue weighted by molar-refractivity contribution is 6.00. The van der Waals surface area contributed by atoms with E-state index in [1.54, 1.807) is 19.9 Å². The van der Waals surface area contributed by atoms with Crippen LogP contribution in [-0.4, -0.2) is 47.6 Å². The van der Waals surface area contributed by atoms with E-state index in [0.29, 0.717) is 17.8 Å². The first-order valence-electron chi connectivity index (χ1n) is 9.85. The second-order valence-corrected chi connectivity index (χ2v) is 8.12. The molecule has 0 N–H and O–H groups in total. The van der Waals surface area contributed by atoms with Gasteiger partial charge in [-0.15, -0.1) is 0 Å². The van der Waals surface area contributed by atoms with Crippen LogP contribution in [0, 0.1) is 11.8 Å². The molecule has 3 rings (SSSR count). The molecule has 0 saturated carbocycles. The summed E-state index contributed by atoms with van der Waals surface area (Å²) >= 11 is 0. The maximum atomic E-state index is 12.9. The molecule has 0 spiro atoms. The van der Waals surface area contributed by atoms with Crippen LogP contribution in [0.3, 0.4) is 0 Å². The molecule has 2 saturated heterocycles. The van der Waals surface area contributed by atoms with Crippen molar-refractivity contribution in [2.24, 2.45) is 11.8 Å². The fraction of sp³-hybridized carbons (Fsp3) is 0.545. The van der Waals surface area contributed by atoms with Gasteiger partial charge in [0.05, 0.1) is 5.92 Å². The highest BCUT2D eigenvalue weighted by Gasteiger charge is 2.60. The highest BCUT2D eigenvalue weighted by Crippen LogP contribution is 2.45. The summed E-state index contributed by atoms with van der Waals surface area (Å²) in [6.07, 6.45) is 0.0595. The monoisotopic (exact) mass is 418 g/mol. The van der Waals surface area contributed by atoms with Gasteiger partial charge < -0.3 is 18.9 Å². The van der Waals surface area contributed by atoms with Gasteiger partial charge in [-0.25, -0.2) is 9.59 Å². The summed E-state index contributed by atoms with van der Waals surface area (Å²) in [6, 6.07) is 0. The summed E-state index contributed by atoms with van der Waals surface area (Å²) in [5.41, 5.74) is -1.20. The zero-order chi connectivity index (χ0) is 22.4. The van der Waals surface area contributed by atoms with E-state index < -0.39 is 53.5 Å². The third kappa shape index (κ3) is 3.55. The van der Waals surface area contributed by atoms with E-state index in [9.17, 15) is 19.2 Å². The Kier molecular flexibility index (Phi) is 5.62. The van der Waals surface area contributed by atoms with Crippen LogP contribution in [0.5, 0.6) is 0 Å². The largest absolute Gasteiger partial charge is 0.479 e. The van der Waals surface area contributed by atoms with Crippen LogP contribution in [0.4, 0.5) is 0 Å². The average molecular weight is 418 g/mol. The summed E-state index contributed by atoms with van der Waals surface area (Å²) in [6.45, 7) is 11.6. The van der Waals surface area contributed by atoms with E-state index >= 15 is 0 Å². The predicted octanol–water partition coefficient (Wildman–Crippen LogP) is 2.18. The maximum Gasteiger partial charge on any atom is 0.334 e. The Balaban J connectivity index is 2.17. The molecule has 3 aliphatic rings.